The van der Waals surface area contributed by atoms with Crippen molar-refractivity contribution < 1.29 is 4.79 Å². The number of nitrogens with one attached hydrogen (secondary N) is 2. The van der Waals surface area contributed by atoms with Crippen molar-refractivity contribution in [3.63, 3.8) is 0 Å². The molecule has 2 N–H and O–H groups in total. The van der Waals surface area contributed by atoms with Crippen molar-refractivity contribution in [2.45, 2.75) is 25.8 Å². The van der Waals surface area contributed by atoms with Crippen molar-refractivity contribution in [1.82, 2.24) is 39.5 Å². The summed E-state index contributed by atoms with van der Waals surface area (Å²) in [6.45, 7) is 5.38. The van der Waals surface area contributed by atoms with Crippen LogP contribution in [-0.4, -0.2) is 78.1 Å². The van der Waals surface area contributed by atoms with Gasteiger partial charge >= 0.3 is 0 Å². The average molecular weight is 528 g/mol. The summed E-state index contributed by atoms with van der Waals surface area (Å²) in [5.74, 6) is 1.17. The Hall–Kier alpha value is -3.83. The standard InChI is InChI=1S/C27H29N9OS/c37-27(36-11-9-34(10-12-36)7-8-35-6-5-28-17-35)18-1-3-21-23(14-18)38-26-24(21)25(29-16-30-26)32-20-2-4-22-19(13-20)15-31-33-22/h2,4-6,13,15-18H,1,3,7-12,14H2,(H,31,33)(H,29,30,32). The van der Waals surface area contributed by atoms with E-state index < -0.39 is 0 Å². The molecule has 38 heavy (non-hydrogen) atoms. The third-order valence-electron chi connectivity index (χ3n) is 7.82. The Morgan fingerprint density at radius 1 is 1.16 bits per heavy atom. The van der Waals surface area contributed by atoms with Gasteiger partial charge in [0.05, 0.1) is 23.4 Å². The smallest absolute Gasteiger partial charge is 0.226 e. The molecule has 1 aromatic carbocycles. The monoisotopic (exact) mass is 527 g/mol. The van der Waals surface area contributed by atoms with Crippen molar-refractivity contribution in [3.8, 4) is 0 Å². The normalized spacial score (nSPS) is 18.2. The highest BCUT2D eigenvalue weighted by atomic mass is 32.1. The molecular formula is C27H29N9OS. The van der Waals surface area contributed by atoms with Crippen LogP contribution >= 0.6 is 11.3 Å². The first-order chi connectivity index (χ1) is 18.7. The van der Waals surface area contributed by atoms with Gasteiger partial charge in [-0.05, 0) is 43.0 Å². The number of hydrogen-bond acceptors (Lipinski definition) is 8. The van der Waals surface area contributed by atoms with Crippen molar-refractivity contribution in [3.05, 3.63) is 59.9 Å². The van der Waals surface area contributed by atoms with Gasteiger partial charge < -0.3 is 14.8 Å². The number of aromatic amines is 1. The van der Waals surface area contributed by atoms with Crippen LogP contribution in [0.2, 0.25) is 0 Å². The molecule has 0 saturated carbocycles. The Kier molecular flexibility index (Phi) is 6.01. The van der Waals surface area contributed by atoms with Gasteiger partial charge in [0.15, 0.2) is 0 Å². The third-order valence-corrected chi connectivity index (χ3v) is 8.98. The van der Waals surface area contributed by atoms with Gasteiger partial charge in [-0.3, -0.25) is 14.8 Å². The second-order valence-electron chi connectivity index (χ2n) is 10.1. The molecule has 1 aliphatic carbocycles. The minimum Gasteiger partial charge on any atom is -0.340 e. The van der Waals surface area contributed by atoms with Crippen molar-refractivity contribution in [2.24, 2.45) is 5.92 Å². The lowest BCUT2D eigenvalue weighted by Gasteiger charge is -2.37. The molecule has 1 amide bonds. The zero-order valence-electron chi connectivity index (χ0n) is 21.0. The molecular weight excluding hydrogens is 498 g/mol. The molecule has 4 aromatic heterocycles. The molecule has 10 nitrogen and oxygen atoms in total. The summed E-state index contributed by atoms with van der Waals surface area (Å²) in [6, 6.07) is 6.11. The highest BCUT2D eigenvalue weighted by Crippen LogP contribution is 2.41. The Morgan fingerprint density at radius 2 is 2.08 bits per heavy atom. The number of nitrogens with zero attached hydrogens (tertiary/aromatic N) is 7. The maximum absolute atomic E-state index is 13.5. The average Bonchev–Trinajstić information content (AvgIpc) is 3.71. The van der Waals surface area contributed by atoms with Crippen LogP contribution < -0.4 is 5.32 Å². The van der Waals surface area contributed by atoms with Crippen LogP contribution in [-0.2, 0) is 24.2 Å². The van der Waals surface area contributed by atoms with Crippen LogP contribution in [0.4, 0.5) is 11.5 Å². The summed E-state index contributed by atoms with van der Waals surface area (Å²) >= 11 is 1.71. The lowest BCUT2D eigenvalue weighted by Crippen LogP contribution is -2.51. The van der Waals surface area contributed by atoms with Gasteiger partial charge in [-0.1, -0.05) is 0 Å². The maximum Gasteiger partial charge on any atom is 0.226 e. The minimum absolute atomic E-state index is 0.0425. The van der Waals surface area contributed by atoms with Gasteiger partial charge in [0.1, 0.15) is 17.0 Å². The van der Waals surface area contributed by atoms with E-state index >= 15 is 0 Å². The van der Waals surface area contributed by atoms with Gasteiger partial charge in [-0.25, -0.2) is 15.0 Å². The summed E-state index contributed by atoms with van der Waals surface area (Å²) in [7, 11) is 0. The molecule has 1 atom stereocenters. The fraction of sp³-hybridized carbons (Fsp3) is 0.370. The largest absolute Gasteiger partial charge is 0.340 e. The molecule has 0 spiro atoms. The quantitative estimate of drug-likeness (QED) is 0.348. The summed E-state index contributed by atoms with van der Waals surface area (Å²) < 4.78 is 2.10. The number of aromatic nitrogens is 6. The number of amides is 1. The van der Waals surface area contributed by atoms with Crippen molar-refractivity contribution in [1.29, 1.82) is 0 Å². The Bertz CT molecular complexity index is 1580. The fourth-order valence-corrected chi connectivity index (χ4v) is 6.97. The molecule has 0 radical (unpaired) electrons. The lowest BCUT2D eigenvalue weighted by atomic mass is 9.86. The van der Waals surface area contributed by atoms with Crippen molar-refractivity contribution in [2.75, 3.05) is 38.0 Å². The van der Waals surface area contributed by atoms with Crippen LogP contribution in [0.5, 0.6) is 0 Å². The number of piperazine rings is 1. The minimum atomic E-state index is 0.0425. The molecule has 2 aliphatic rings. The number of carbonyl (C=O) groups is 1. The van der Waals surface area contributed by atoms with E-state index in [-0.39, 0.29) is 5.92 Å². The highest BCUT2D eigenvalue weighted by Gasteiger charge is 2.32. The summed E-state index contributed by atoms with van der Waals surface area (Å²) in [5, 5.41) is 12.7. The molecule has 7 rings (SSSR count). The second-order valence-corrected chi connectivity index (χ2v) is 11.2. The molecule has 1 aliphatic heterocycles. The van der Waals surface area contributed by atoms with Gasteiger partial charge in [-0.2, -0.15) is 5.10 Å². The van der Waals surface area contributed by atoms with Crippen LogP contribution in [0.3, 0.4) is 0 Å². The van der Waals surface area contributed by atoms with Gasteiger partial charge in [0.25, 0.3) is 0 Å². The number of aryl methyl sites for hydroxylation is 1. The molecule has 1 saturated heterocycles. The SMILES string of the molecule is O=C(C1CCc2c(sc3ncnc(Nc4ccc5[nH]ncc5c4)c23)C1)N1CCN(CCn2ccnc2)CC1. The van der Waals surface area contributed by atoms with Crippen molar-refractivity contribution >= 4 is 49.9 Å². The van der Waals surface area contributed by atoms with E-state index in [1.807, 2.05) is 37.1 Å². The lowest BCUT2D eigenvalue weighted by molar-refractivity contribution is -0.137. The van der Waals surface area contributed by atoms with E-state index in [1.54, 1.807) is 17.7 Å². The first-order valence-electron chi connectivity index (χ1n) is 13.1. The van der Waals surface area contributed by atoms with E-state index in [0.717, 1.165) is 91.2 Å². The number of anilines is 2. The number of carbonyl (C=O) groups excluding carboxylic acids is 1. The number of thiophene rings is 1. The number of rotatable bonds is 6. The predicted molar refractivity (Wildman–Crippen MR) is 148 cm³/mol. The summed E-state index contributed by atoms with van der Waals surface area (Å²) in [5.41, 5.74) is 3.26. The van der Waals surface area contributed by atoms with Crippen LogP contribution in [0, 0.1) is 5.92 Å². The van der Waals surface area contributed by atoms with E-state index in [2.05, 4.69) is 50.9 Å². The number of benzene rings is 1. The number of hydrogen-bond donors (Lipinski definition) is 2. The third kappa shape index (κ3) is 4.41. The first-order valence-corrected chi connectivity index (χ1v) is 14.0. The molecule has 194 valence electrons. The van der Waals surface area contributed by atoms with Gasteiger partial charge in [0.2, 0.25) is 5.91 Å². The maximum atomic E-state index is 13.5. The second kappa shape index (κ2) is 9.80. The number of imidazole rings is 1. The molecule has 1 unspecified atom stereocenters. The summed E-state index contributed by atoms with van der Waals surface area (Å²) in [6.07, 6.45) is 11.6. The number of fused-ring (bicyclic) bond motifs is 4. The van der Waals surface area contributed by atoms with Crippen LogP contribution in [0.1, 0.15) is 16.9 Å². The zero-order valence-corrected chi connectivity index (χ0v) is 21.8. The van der Waals surface area contributed by atoms with Crippen LogP contribution in [0.25, 0.3) is 21.1 Å². The van der Waals surface area contributed by atoms with Gasteiger partial charge in [0, 0.05) is 73.5 Å². The molecule has 1 fully saturated rings. The zero-order chi connectivity index (χ0) is 25.5. The van der Waals surface area contributed by atoms with E-state index in [1.165, 1.54) is 10.4 Å². The molecule has 5 heterocycles. The van der Waals surface area contributed by atoms with Crippen LogP contribution in [0.15, 0.2) is 49.4 Å². The first kappa shape index (κ1) is 23.3. The summed E-state index contributed by atoms with van der Waals surface area (Å²) in [4.78, 5) is 33.5. The fourth-order valence-electron chi connectivity index (χ4n) is 5.70. The van der Waals surface area contributed by atoms with E-state index in [9.17, 15) is 4.79 Å². The Morgan fingerprint density at radius 3 is 2.95 bits per heavy atom. The highest BCUT2D eigenvalue weighted by molar-refractivity contribution is 7.19. The predicted octanol–water partition coefficient (Wildman–Crippen LogP) is 3.46. The Labute approximate surface area is 223 Å². The molecule has 5 aromatic rings. The number of H-pyrrole nitrogens is 1. The molecule has 11 heteroatoms. The molecule has 0 bridgehead atoms. The Balaban J connectivity index is 1.03. The van der Waals surface area contributed by atoms with Gasteiger partial charge in [-0.15, -0.1) is 11.3 Å². The van der Waals surface area contributed by atoms with E-state index in [0.29, 0.717) is 5.91 Å². The topological polar surface area (TPSA) is 108 Å². The van der Waals surface area contributed by atoms with E-state index in [4.69, 9.17) is 0 Å².